The standard InChI is InChI=1S/C12H11N5O2/c13-5-9-1-2-10(6-15-9)14-3-4-17-7-11(12(18)19)16-8-17/h1-2,6-8,14H,3-4H2,(H,18,19). The van der Waals surface area contributed by atoms with Gasteiger partial charge in [-0.1, -0.05) is 0 Å². The fourth-order valence-corrected chi connectivity index (χ4v) is 1.49. The molecule has 0 atom stereocenters. The number of hydrogen-bond acceptors (Lipinski definition) is 5. The molecule has 2 aromatic heterocycles. The molecule has 0 unspecified atom stereocenters. The molecule has 0 saturated heterocycles. The summed E-state index contributed by atoms with van der Waals surface area (Å²) in [5.41, 5.74) is 1.20. The number of aromatic nitrogens is 3. The molecule has 0 aromatic carbocycles. The number of imidazole rings is 1. The quantitative estimate of drug-likeness (QED) is 0.826. The molecule has 2 heterocycles. The lowest BCUT2D eigenvalue weighted by Gasteiger charge is -2.06. The number of carbonyl (C=O) groups is 1. The first-order valence-corrected chi connectivity index (χ1v) is 5.54. The summed E-state index contributed by atoms with van der Waals surface area (Å²) in [4.78, 5) is 18.3. The van der Waals surface area contributed by atoms with Gasteiger partial charge in [0, 0.05) is 19.3 Å². The minimum Gasteiger partial charge on any atom is -0.476 e. The summed E-state index contributed by atoms with van der Waals surface area (Å²) in [5.74, 6) is -1.04. The maximum absolute atomic E-state index is 10.6. The van der Waals surface area contributed by atoms with Gasteiger partial charge < -0.3 is 15.0 Å². The van der Waals surface area contributed by atoms with Crippen LogP contribution in [0.25, 0.3) is 0 Å². The monoisotopic (exact) mass is 257 g/mol. The highest BCUT2D eigenvalue weighted by molar-refractivity contribution is 5.84. The lowest BCUT2D eigenvalue weighted by Crippen LogP contribution is -2.09. The third kappa shape index (κ3) is 3.29. The molecule has 7 heteroatoms. The normalized spacial score (nSPS) is 9.84. The van der Waals surface area contributed by atoms with E-state index in [1.54, 1.807) is 22.9 Å². The van der Waals surface area contributed by atoms with Crippen LogP contribution in [-0.2, 0) is 6.54 Å². The molecular weight excluding hydrogens is 246 g/mol. The van der Waals surface area contributed by atoms with Gasteiger partial charge in [-0.05, 0) is 12.1 Å². The average Bonchev–Trinajstić information content (AvgIpc) is 2.89. The van der Waals surface area contributed by atoms with Crippen LogP contribution in [0.4, 0.5) is 5.69 Å². The first-order chi connectivity index (χ1) is 9.19. The number of anilines is 1. The first-order valence-electron chi connectivity index (χ1n) is 5.54. The van der Waals surface area contributed by atoms with Gasteiger partial charge in [0.15, 0.2) is 5.69 Å². The van der Waals surface area contributed by atoms with Crippen molar-refractivity contribution in [3.05, 3.63) is 42.2 Å². The van der Waals surface area contributed by atoms with Gasteiger partial charge in [-0.15, -0.1) is 0 Å². The number of aromatic carboxylic acids is 1. The second-order valence-electron chi connectivity index (χ2n) is 3.77. The Labute approximate surface area is 109 Å². The third-order valence-corrected chi connectivity index (χ3v) is 2.43. The summed E-state index contributed by atoms with van der Waals surface area (Å²) < 4.78 is 1.69. The van der Waals surface area contributed by atoms with Gasteiger partial charge >= 0.3 is 5.97 Å². The highest BCUT2D eigenvalue weighted by Gasteiger charge is 2.05. The maximum Gasteiger partial charge on any atom is 0.356 e. The zero-order valence-electron chi connectivity index (χ0n) is 9.95. The number of pyridine rings is 1. The number of nitrogens with zero attached hydrogens (tertiary/aromatic N) is 4. The molecule has 0 saturated carbocycles. The van der Waals surface area contributed by atoms with Gasteiger partial charge in [-0.25, -0.2) is 14.8 Å². The second-order valence-corrected chi connectivity index (χ2v) is 3.77. The van der Waals surface area contributed by atoms with Gasteiger partial charge in [0.1, 0.15) is 11.8 Å². The number of carboxylic acids is 1. The summed E-state index contributed by atoms with van der Waals surface area (Å²) in [6, 6.07) is 5.34. The predicted molar refractivity (Wildman–Crippen MR) is 66.6 cm³/mol. The van der Waals surface area contributed by atoms with E-state index in [-0.39, 0.29) is 5.69 Å². The minimum absolute atomic E-state index is 0.0278. The van der Waals surface area contributed by atoms with Crippen LogP contribution in [0.2, 0.25) is 0 Å². The van der Waals surface area contributed by atoms with Crippen LogP contribution in [0, 0.1) is 11.3 Å². The van der Waals surface area contributed by atoms with Crippen molar-refractivity contribution < 1.29 is 9.90 Å². The summed E-state index contributed by atoms with van der Waals surface area (Å²) in [6.07, 6.45) is 4.53. The first kappa shape index (κ1) is 12.6. The SMILES string of the molecule is N#Cc1ccc(NCCn2cnc(C(=O)O)c2)cn1. The van der Waals surface area contributed by atoms with Gasteiger partial charge in [0.25, 0.3) is 0 Å². The van der Waals surface area contributed by atoms with E-state index in [0.29, 0.717) is 18.8 Å². The Balaban J connectivity index is 1.85. The van der Waals surface area contributed by atoms with Gasteiger partial charge in [-0.2, -0.15) is 5.26 Å². The predicted octanol–water partition coefficient (Wildman–Crippen LogP) is 0.960. The molecule has 0 amide bonds. The number of rotatable bonds is 5. The number of hydrogen-bond donors (Lipinski definition) is 2. The van der Waals surface area contributed by atoms with E-state index in [1.165, 1.54) is 12.5 Å². The van der Waals surface area contributed by atoms with Gasteiger partial charge in [0.05, 0.1) is 18.2 Å². The van der Waals surface area contributed by atoms with E-state index in [1.807, 2.05) is 6.07 Å². The molecule has 2 N–H and O–H groups in total. The van der Waals surface area contributed by atoms with E-state index >= 15 is 0 Å². The van der Waals surface area contributed by atoms with Gasteiger partial charge in [-0.3, -0.25) is 0 Å². The van der Waals surface area contributed by atoms with Crippen LogP contribution >= 0.6 is 0 Å². The molecule has 96 valence electrons. The molecule has 0 aliphatic heterocycles. The van der Waals surface area contributed by atoms with E-state index in [0.717, 1.165) is 5.69 Å². The van der Waals surface area contributed by atoms with Crippen LogP contribution in [-0.4, -0.2) is 32.2 Å². The molecule has 0 aliphatic rings. The van der Waals surface area contributed by atoms with Crippen LogP contribution < -0.4 is 5.32 Å². The summed E-state index contributed by atoms with van der Waals surface area (Å²) in [5, 5.41) is 20.4. The fourth-order valence-electron chi connectivity index (χ4n) is 1.49. The van der Waals surface area contributed by atoms with Crippen molar-refractivity contribution in [2.45, 2.75) is 6.54 Å². The molecule has 7 nitrogen and oxygen atoms in total. The molecule has 2 aromatic rings. The fraction of sp³-hybridized carbons (Fsp3) is 0.167. The largest absolute Gasteiger partial charge is 0.476 e. The van der Waals surface area contributed by atoms with Crippen molar-refractivity contribution in [3.63, 3.8) is 0 Å². The van der Waals surface area contributed by atoms with Crippen molar-refractivity contribution in [2.75, 3.05) is 11.9 Å². The minimum atomic E-state index is -1.04. The lowest BCUT2D eigenvalue weighted by atomic mass is 10.3. The van der Waals surface area contributed by atoms with E-state index in [4.69, 9.17) is 10.4 Å². The topological polar surface area (TPSA) is 104 Å². The number of nitrogens with one attached hydrogen (secondary N) is 1. The summed E-state index contributed by atoms with van der Waals surface area (Å²) in [7, 11) is 0. The molecule has 0 fully saturated rings. The highest BCUT2D eigenvalue weighted by Crippen LogP contribution is 2.05. The lowest BCUT2D eigenvalue weighted by molar-refractivity contribution is 0.0691. The molecule has 0 aliphatic carbocycles. The molecule has 19 heavy (non-hydrogen) atoms. The highest BCUT2D eigenvalue weighted by atomic mass is 16.4. The van der Waals surface area contributed by atoms with Crippen molar-refractivity contribution in [3.8, 4) is 6.07 Å². The maximum atomic E-state index is 10.6. The third-order valence-electron chi connectivity index (χ3n) is 2.43. The summed E-state index contributed by atoms with van der Waals surface area (Å²) in [6.45, 7) is 1.18. The Kier molecular flexibility index (Phi) is 3.73. The smallest absolute Gasteiger partial charge is 0.356 e. The van der Waals surface area contributed by atoms with Crippen LogP contribution in [0.5, 0.6) is 0 Å². The molecule has 0 radical (unpaired) electrons. The molecule has 0 bridgehead atoms. The Morgan fingerprint density at radius 2 is 2.32 bits per heavy atom. The molecular formula is C12H11N5O2. The second kappa shape index (κ2) is 5.64. The Morgan fingerprint density at radius 1 is 1.47 bits per heavy atom. The zero-order chi connectivity index (χ0) is 13.7. The zero-order valence-corrected chi connectivity index (χ0v) is 9.95. The summed E-state index contributed by atoms with van der Waals surface area (Å²) >= 11 is 0. The molecule has 0 spiro atoms. The molecule has 2 rings (SSSR count). The van der Waals surface area contributed by atoms with Crippen LogP contribution in [0.1, 0.15) is 16.2 Å². The van der Waals surface area contributed by atoms with Crippen molar-refractivity contribution in [1.82, 2.24) is 14.5 Å². The number of nitriles is 1. The Bertz CT molecular complexity index is 612. The Hall–Kier alpha value is -2.88. The van der Waals surface area contributed by atoms with Gasteiger partial charge in [0.2, 0.25) is 0 Å². The van der Waals surface area contributed by atoms with E-state index in [2.05, 4.69) is 15.3 Å². The van der Waals surface area contributed by atoms with Crippen molar-refractivity contribution in [2.24, 2.45) is 0 Å². The number of carboxylic acid groups (broad SMARTS) is 1. The average molecular weight is 257 g/mol. The van der Waals surface area contributed by atoms with Crippen LogP contribution in [0.3, 0.4) is 0 Å². The van der Waals surface area contributed by atoms with E-state index < -0.39 is 5.97 Å². The van der Waals surface area contributed by atoms with E-state index in [9.17, 15) is 4.79 Å². The Morgan fingerprint density at radius 3 is 2.89 bits per heavy atom. The van der Waals surface area contributed by atoms with Crippen molar-refractivity contribution >= 4 is 11.7 Å². The van der Waals surface area contributed by atoms with Crippen LogP contribution in [0.15, 0.2) is 30.9 Å². The van der Waals surface area contributed by atoms with Crippen molar-refractivity contribution in [1.29, 1.82) is 5.26 Å².